The van der Waals surface area contributed by atoms with E-state index in [1.165, 1.54) is 0 Å². The van der Waals surface area contributed by atoms with Gasteiger partial charge >= 0.3 is 6.09 Å². The minimum absolute atomic E-state index is 0.331. The molecule has 0 radical (unpaired) electrons. The smallest absolute Gasteiger partial charge is 0.410 e. The molecule has 31 heavy (non-hydrogen) atoms. The van der Waals surface area contributed by atoms with Gasteiger partial charge in [0.2, 0.25) is 0 Å². The van der Waals surface area contributed by atoms with Crippen LogP contribution in [-0.2, 0) is 11.3 Å². The second-order valence-corrected chi connectivity index (χ2v) is 9.25. The first-order chi connectivity index (χ1) is 14.7. The predicted molar refractivity (Wildman–Crippen MR) is 124 cm³/mol. The van der Waals surface area contributed by atoms with E-state index >= 15 is 0 Å². The van der Waals surface area contributed by atoms with Crippen LogP contribution < -0.4 is 4.90 Å². The number of hydrogen-bond donors (Lipinski definition) is 0. The Hall–Kier alpha value is -2.70. The van der Waals surface area contributed by atoms with Gasteiger partial charge in [0.15, 0.2) is 0 Å². The SMILES string of the molecule is CC(C)(C)OC(=O)N1CCN(c2ccc(Cl)c(Cl)c2)c2ccc(-n3ccnc3)cc2C1. The summed E-state index contributed by atoms with van der Waals surface area (Å²) in [4.78, 5) is 20.9. The Morgan fingerprint density at radius 1 is 1.03 bits per heavy atom. The predicted octanol–water partition coefficient (Wildman–Crippen LogP) is 6.07. The van der Waals surface area contributed by atoms with Crippen molar-refractivity contribution in [1.29, 1.82) is 0 Å². The van der Waals surface area contributed by atoms with Gasteiger partial charge in [0.1, 0.15) is 5.60 Å². The number of carbonyl (C=O) groups excluding carboxylic acids is 1. The molecule has 0 atom stereocenters. The van der Waals surface area contributed by atoms with Crippen molar-refractivity contribution in [3.63, 3.8) is 0 Å². The first-order valence-corrected chi connectivity index (χ1v) is 10.8. The Morgan fingerprint density at radius 3 is 2.48 bits per heavy atom. The van der Waals surface area contributed by atoms with Crippen LogP contribution in [0.15, 0.2) is 55.1 Å². The summed E-state index contributed by atoms with van der Waals surface area (Å²) in [6, 6.07) is 11.7. The molecule has 0 saturated heterocycles. The van der Waals surface area contributed by atoms with Gasteiger partial charge in [-0.3, -0.25) is 0 Å². The molecule has 0 bridgehead atoms. The van der Waals surface area contributed by atoms with Crippen LogP contribution in [0, 0.1) is 0 Å². The van der Waals surface area contributed by atoms with Crippen LogP contribution in [0.3, 0.4) is 0 Å². The van der Waals surface area contributed by atoms with Gasteiger partial charge in [-0.25, -0.2) is 9.78 Å². The quantitative estimate of drug-likeness (QED) is 0.467. The maximum absolute atomic E-state index is 12.9. The number of benzene rings is 2. The number of carbonyl (C=O) groups is 1. The zero-order valence-electron chi connectivity index (χ0n) is 17.7. The van der Waals surface area contributed by atoms with Gasteiger partial charge in [0, 0.05) is 42.5 Å². The molecule has 162 valence electrons. The molecule has 0 fully saturated rings. The topological polar surface area (TPSA) is 50.6 Å². The molecule has 0 spiro atoms. The van der Waals surface area contributed by atoms with Gasteiger partial charge in [-0.1, -0.05) is 23.2 Å². The summed E-state index contributed by atoms with van der Waals surface area (Å²) in [5, 5.41) is 0.996. The molecule has 1 aliphatic rings. The number of amides is 1. The van der Waals surface area contributed by atoms with Crippen LogP contribution in [0.5, 0.6) is 0 Å². The number of halogens is 2. The summed E-state index contributed by atoms with van der Waals surface area (Å²) in [6.45, 7) is 7.14. The average molecular weight is 459 g/mol. The molecule has 8 heteroatoms. The van der Waals surface area contributed by atoms with Crippen molar-refractivity contribution >= 4 is 40.7 Å². The standard InChI is InChI=1S/C23H24Cl2N4O2/c1-23(2,3)31-22(30)27-10-11-29(18-4-6-19(24)20(25)13-18)21-7-5-17(12-16(21)14-27)28-9-8-26-15-28/h4-9,12-13,15H,10-11,14H2,1-3H3. The summed E-state index contributed by atoms with van der Waals surface area (Å²) < 4.78 is 7.58. The van der Waals surface area contributed by atoms with Crippen LogP contribution in [0.4, 0.5) is 16.2 Å². The fourth-order valence-electron chi connectivity index (χ4n) is 3.56. The van der Waals surface area contributed by atoms with Crippen LogP contribution in [0.1, 0.15) is 26.3 Å². The maximum Gasteiger partial charge on any atom is 0.410 e. The van der Waals surface area contributed by atoms with Gasteiger partial charge in [-0.15, -0.1) is 0 Å². The zero-order valence-corrected chi connectivity index (χ0v) is 19.2. The van der Waals surface area contributed by atoms with Crippen molar-refractivity contribution in [2.75, 3.05) is 18.0 Å². The zero-order chi connectivity index (χ0) is 22.2. The largest absolute Gasteiger partial charge is 0.444 e. The third-order valence-electron chi connectivity index (χ3n) is 4.98. The molecule has 1 aromatic heterocycles. The number of ether oxygens (including phenoxy) is 1. The molecule has 0 saturated carbocycles. The van der Waals surface area contributed by atoms with Crippen LogP contribution in [0.25, 0.3) is 5.69 Å². The van der Waals surface area contributed by atoms with E-state index in [4.69, 9.17) is 27.9 Å². The second-order valence-electron chi connectivity index (χ2n) is 8.43. The molecule has 0 aliphatic carbocycles. The summed E-state index contributed by atoms with van der Waals surface area (Å²) in [7, 11) is 0. The van der Waals surface area contributed by atoms with Crippen molar-refractivity contribution in [1.82, 2.24) is 14.5 Å². The molecule has 3 aromatic rings. The van der Waals surface area contributed by atoms with E-state index in [0.29, 0.717) is 29.7 Å². The van der Waals surface area contributed by atoms with E-state index < -0.39 is 5.60 Å². The van der Waals surface area contributed by atoms with Crippen molar-refractivity contribution in [2.24, 2.45) is 0 Å². The molecule has 0 N–H and O–H groups in total. The highest BCUT2D eigenvalue weighted by atomic mass is 35.5. The van der Waals surface area contributed by atoms with Gasteiger partial charge in [0.25, 0.3) is 0 Å². The Morgan fingerprint density at radius 2 is 1.81 bits per heavy atom. The summed E-state index contributed by atoms with van der Waals surface area (Å²) in [5.74, 6) is 0. The summed E-state index contributed by atoms with van der Waals surface area (Å²) >= 11 is 12.4. The van der Waals surface area contributed by atoms with Gasteiger partial charge in [-0.2, -0.15) is 0 Å². The van der Waals surface area contributed by atoms with Gasteiger partial charge in [-0.05, 0) is 62.7 Å². The highest BCUT2D eigenvalue weighted by Crippen LogP contribution is 2.36. The maximum atomic E-state index is 12.9. The number of hydrogen-bond acceptors (Lipinski definition) is 4. The Balaban J connectivity index is 1.75. The molecular formula is C23H24Cl2N4O2. The molecule has 4 rings (SSSR count). The molecule has 1 aliphatic heterocycles. The molecular weight excluding hydrogens is 435 g/mol. The Bertz CT molecular complexity index is 1090. The highest BCUT2D eigenvalue weighted by Gasteiger charge is 2.28. The normalized spacial score (nSPS) is 14.2. The van der Waals surface area contributed by atoms with Crippen molar-refractivity contribution in [3.05, 3.63) is 70.7 Å². The highest BCUT2D eigenvalue weighted by molar-refractivity contribution is 6.42. The lowest BCUT2D eigenvalue weighted by Gasteiger charge is -2.27. The van der Waals surface area contributed by atoms with Crippen molar-refractivity contribution < 1.29 is 9.53 Å². The summed E-state index contributed by atoms with van der Waals surface area (Å²) in [5.41, 5.74) is 3.33. The van der Waals surface area contributed by atoms with Crippen molar-refractivity contribution in [3.8, 4) is 5.69 Å². The monoisotopic (exact) mass is 458 g/mol. The first-order valence-electron chi connectivity index (χ1n) is 10.0. The lowest BCUT2D eigenvalue weighted by molar-refractivity contribution is 0.0244. The van der Waals surface area contributed by atoms with Crippen LogP contribution in [-0.4, -0.2) is 39.2 Å². The molecule has 1 amide bonds. The van der Waals surface area contributed by atoms with E-state index in [9.17, 15) is 4.79 Å². The Labute approximate surface area is 191 Å². The van der Waals surface area contributed by atoms with E-state index in [0.717, 1.165) is 22.6 Å². The van der Waals surface area contributed by atoms with E-state index in [1.807, 2.05) is 49.7 Å². The molecule has 6 nitrogen and oxygen atoms in total. The fourth-order valence-corrected chi connectivity index (χ4v) is 3.86. The number of anilines is 2. The lowest BCUT2D eigenvalue weighted by Crippen LogP contribution is -2.38. The third kappa shape index (κ3) is 4.81. The molecule has 2 aromatic carbocycles. The lowest BCUT2D eigenvalue weighted by atomic mass is 10.1. The van der Waals surface area contributed by atoms with Crippen molar-refractivity contribution in [2.45, 2.75) is 32.9 Å². The molecule has 2 heterocycles. The van der Waals surface area contributed by atoms with E-state index in [-0.39, 0.29) is 6.09 Å². The average Bonchev–Trinajstić information content (AvgIpc) is 3.17. The second kappa shape index (κ2) is 8.44. The van der Waals surface area contributed by atoms with Crippen LogP contribution >= 0.6 is 23.2 Å². The minimum atomic E-state index is -0.561. The van der Waals surface area contributed by atoms with Crippen LogP contribution in [0.2, 0.25) is 10.0 Å². The van der Waals surface area contributed by atoms with E-state index in [1.54, 1.807) is 23.5 Å². The van der Waals surface area contributed by atoms with Gasteiger partial charge in [0.05, 0.1) is 22.9 Å². The van der Waals surface area contributed by atoms with E-state index in [2.05, 4.69) is 22.0 Å². The van der Waals surface area contributed by atoms with Gasteiger partial charge < -0.3 is 19.1 Å². The number of nitrogens with zero attached hydrogens (tertiary/aromatic N) is 4. The number of rotatable bonds is 2. The number of imidazole rings is 1. The summed E-state index contributed by atoms with van der Waals surface area (Å²) in [6.07, 6.45) is 5.05. The third-order valence-corrected chi connectivity index (χ3v) is 5.72. The fraction of sp³-hybridized carbons (Fsp3) is 0.304. The Kier molecular flexibility index (Phi) is 5.86. The first kappa shape index (κ1) is 21.5. The number of fused-ring (bicyclic) bond motifs is 1. The number of aromatic nitrogens is 2. The minimum Gasteiger partial charge on any atom is -0.444 e. The molecule has 0 unspecified atom stereocenters.